The van der Waals surface area contributed by atoms with Crippen molar-refractivity contribution in [3.63, 3.8) is 0 Å². The summed E-state index contributed by atoms with van der Waals surface area (Å²) >= 11 is 3.33. The minimum atomic E-state index is 0.542. The molecule has 0 spiro atoms. The number of halogens is 1. The minimum absolute atomic E-state index is 0.542. The molecule has 1 aromatic rings. The van der Waals surface area contributed by atoms with Crippen LogP contribution in [0.5, 0.6) is 0 Å². The predicted molar refractivity (Wildman–Crippen MR) is 49.9 cm³/mol. The molecule has 0 bridgehead atoms. The van der Waals surface area contributed by atoms with E-state index >= 15 is 0 Å². The fourth-order valence-electron chi connectivity index (χ4n) is 0.945. The van der Waals surface area contributed by atoms with E-state index in [1.807, 2.05) is 7.05 Å². The molecule has 0 atom stereocenters. The van der Waals surface area contributed by atoms with Crippen molar-refractivity contribution >= 4 is 21.7 Å². The second kappa shape index (κ2) is 3.70. The van der Waals surface area contributed by atoms with Gasteiger partial charge in [-0.25, -0.2) is 0 Å². The van der Waals surface area contributed by atoms with Gasteiger partial charge in [-0.05, 0) is 7.05 Å². The van der Waals surface area contributed by atoms with Crippen molar-refractivity contribution in [2.24, 2.45) is 7.05 Å². The van der Waals surface area contributed by atoms with Gasteiger partial charge in [-0.15, -0.1) is 5.10 Å². The van der Waals surface area contributed by atoms with Gasteiger partial charge in [-0.1, -0.05) is 22.5 Å². The van der Waals surface area contributed by atoms with Crippen molar-refractivity contribution in [2.75, 3.05) is 7.05 Å². The Labute approximate surface area is 79.5 Å². The van der Waals surface area contributed by atoms with Crippen LogP contribution in [0.15, 0.2) is 4.47 Å². The second-order valence-corrected chi connectivity index (χ2v) is 3.14. The summed E-state index contributed by atoms with van der Waals surface area (Å²) in [7, 11) is 3.61. The van der Waals surface area contributed by atoms with Crippen LogP contribution in [0, 0.1) is 6.57 Å². The smallest absolute Gasteiger partial charge is 0.266 e. The highest BCUT2D eigenvalue weighted by Crippen LogP contribution is 2.27. The van der Waals surface area contributed by atoms with E-state index in [1.54, 1.807) is 11.7 Å². The van der Waals surface area contributed by atoms with E-state index in [4.69, 9.17) is 6.57 Å². The Balaban J connectivity index is 3.10. The molecule has 0 saturated carbocycles. The van der Waals surface area contributed by atoms with Crippen molar-refractivity contribution < 1.29 is 0 Å². The van der Waals surface area contributed by atoms with Crippen LogP contribution in [-0.2, 0) is 13.6 Å². The molecule has 64 valence electrons. The van der Waals surface area contributed by atoms with Crippen LogP contribution in [0.1, 0.15) is 5.69 Å². The zero-order valence-electron chi connectivity index (χ0n) is 6.93. The van der Waals surface area contributed by atoms with E-state index in [0.29, 0.717) is 12.4 Å². The molecule has 0 aliphatic heterocycles. The van der Waals surface area contributed by atoms with E-state index in [2.05, 4.69) is 31.2 Å². The number of hydrogen-bond donors (Lipinski definition) is 1. The highest BCUT2D eigenvalue weighted by Gasteiger charge is 2.12. The van der Waals surface area contributed by atoms with E-state index in [9.17, 15) is 0 Å². The van der Waals surface area contributed by atoms with Gasteiger partial charge >= 0.3 is 0 Å². The Bertz CT molecular complexity index is 323. The van der Waals surface area contributed by atoms with Gasteiger partial charge in [-0.3, -0.25) is 0 Å². The summed E-state index contributed by atoms with van der Waals surface area (Å²) in [5, 5.41) is 7.15. The molecule has 1 rings (SSSR count). The van der Waals surface area contributed by atoms with Gasteiger partial charge in [0.2, 0.25) is 0 Å². The molecule has 0 amide bonds. The summed E-state index contributed by atoms with van der Waals surface area (Å²) in [4.78, 5) is 3.35. The summed E-state index contributed by atoms with van der Waals surface area (Å²) < 4.78 is 2.36. The summed E-state index contributed by atoms with van der Waals surface area (Å²) in [6, 6.07) is 0. The molecule has 12 heavy (non-hydrogen) atoms. The van der Waals surface area contributed by atoms with E-state index < -0.39 is 0 Å². The second-order valence-electron chi connectivity index (χ2n) is 2.35. The third-order valence-corrected chi connectivity index (χ3v) is 2.29. The lowest BCUT2D eigenvalue weighted by atomic mass is 10.4. The molecule has 0 radical (unpaired) electrons. The van der Waals surface area contributed by atoms with Gasteiger partial charge < -0.3 is 10.2 Å². The van der Waals surface area contributed by atoms with Crippen LogP contribution in [0.3, 0.4) is 0 Å². The monoisotopic (exact) mass is 228 g/mol. The lowest BCUT2D eigenvalue weighted by molar-refractivity contribution is 0.718. The fourth-order valence-corrected chi connectivity index (χ4v) is 1.51. The molecule has 0 aliphatic rings. The maximum Gasteiger partial charge on any atom is 0.266 e. The first-order valence-electron chi connectivity index (χ1n) is 3.44. The van der Waals surface area contributed by atoms with Gasteiger partial charge in [0.25, 0.3) is 5.82 Å². The van der Waals surface area contributed by atoms with Gasteiger partial charge in [-0.2, -0.15) is 4.68 Å². The van der Waals surface area contributed by atoms with E-state index in [1.165, 1.54) is 0 Å². The van der Waals surface area contributed by atoms with Crippen molar-refractivity contribution in [3.8, 4) is 0 Å². The number of nitrogens with one attached hydrogen (secondary N) is 1. The molecule has 0 aliphatic carbocycles. The van der Waals surface area contributed by atoms with Crippen LogP contribution >= 0.6 is 15.9 Å². The normalized spacial score (nSPS) is 9.83. The maximum absolute atomic E-state index is 6.88. The first kappa shape index (κ1) is 9.23. The maximum atomic E-state index is 6.88. The summed E-state index contributed by atoms with van der Waals surface area (Å²) in [5.41, 5.74) is 0.867. The third-order valence-electron chi connectivity index (χ3n) is 1.48. The molecule has 1 aromatic heterocycles. The number of aromatic nitrogens is 2. The van der Waals surface area contributed by atoms with Crippen LogP contribution < -0.4 is 5.32 Å². The van der Waals surface area contributed by atoms with E-state index in [0.717, 1.165) is 10.2 Å². The SMILES string of the molecule is [C-]#[N+]c1c(Br)c(CNC)nn1C. The molecule has 1 N–H and O–H groups in total. The number of rotatable bonds is 2. The van der Waals surface area contributed by atoms with Crippen molar-refractivity contribution in [3.05, 3.63) is 21.6 Å². The van der Waals surface area contributed by atoms with Crippen molar-refractivity contribution in [1.82, 2.24) is 15.1 Å². The van der Waals surface area contributed by atoms with Crippen LogP contribution in [0.2, 0.25) is 0 Å². The zero-order valence-corrected chi connectivity index (χ0v) is 8.51. The Morgan fingerprint density at radius 1 is 1.75 bits per heavy atom. The Morgan fingerprint density at radius 2 is 2.42 bits per heavy atom. The lowest BCUT2D eigenvalue weighted by Crippen LogP contribution is -2.06. The highest BCUT2D eigenvalue weighted by molar-refractivity contribution is 9.10. The molecule has 0 unspecified atom stereocenters. The van der Waals surface area contributed by atoms with Crippen molar-refractivity contribution in [1.29, 1.82) is 0 Å². The molecule has 0 aromatic carbocycles. The van der Waals surface area contributed by atoms with Gasteiger partial charge in [0.1, 0.15) is 5.69 Å². The number of aryl methyl sites for hydroxylation is 1. The fraction of sp³-hybridized carbons (Fsp3) is 0.429. The first-order chi connectivity index (χ1) is 5.70. The Hall–Kier alpha value is -0.860. The Kier molecular flexibility index (Phi) is 2.84. The summed E-state index contributed by atoms with van der Waals surface area (Å²) in [6.07, 6.45) is 0. The summed E-state index contributed by atoms with van der Waals surface area (Å²) in [6.45, 7) is 7.56. The average Bonchev–Trinajstić information content (AvgIpc) is 2.29. The van der Waals surface area contributed by atoms with Gasteiger partial charge in [0, 0.05) is 6.54 Å². The molecule has 0 saturated heterocycles. The molecule has 5 heteroatoms. The average molecular weight is 229 g/mol. The molecular formula is C7H9BrN4. The topological polar surface area (TPSA) is 34.2 Å². The lowest BCUT2D eigenvalue weighted by Gasteiger charge is -1.91. The van der Waals surface area contributed by atoms with E-state index in [-0.39, 0.29) is 0 Å². The number of hydrogen-bond acceptors (Lipinski definition) is 2. The van der Waals surface area contributed by atoms with Crippen LogP contribution in [0.4, 0.5) is 5.82 Å². The highest BCUT2D eigenvalue weighted by atomic mass is 79.9. The molecule has 1 heterocycles. The molecular weight excluding hydrogens is 220 g/mol. The molecule has 4 nitrogen and oxygen atoms in total. The largest absolute Gasteiger partial charge is 0.361 e. The minimum Gasteiger partial charge on any atom is -0.361 e. The molecule has 0 fully saturated rings. The quantitative estimate of drug-likeness (QED) is 0.779. The Morgan fingerprint density at radius 3 is 2.83 bits per heavy atom. The number of nitrogens with zero attached hydrogens (tertiary/aromatic N) is 3. The summed E-state index contributed by atoms with van der Waals surface area (Å²) in [5.74, 6) is 0.542. The predicted octanol–water partition coefficient (Wildman–Crippen LogP) is 1.45. The zero-order chi connectivity index (χ0) is 9.14. The third kappa shape index (κ3) is 1.49. The van der Waals surface area contributed by atoms with Crippen LogP contribution in [0.25, 0.3) is 4.85 Å². The first-order valence-corrected chi connectivity index (χ1v) is 4.23. The van der Waals surface area contributed by atoms with Gasteiger partial charge in [0.15, 0.2) is 0 Å². The standard InChI is InChI=1S/C7H9BrN4/c1-9-4-5-6(8)7(10-2)12(3)11-5/h9H,4H2,1,3H3. The van der Waals surface area contributed by atoms with Crippen molar-refractivity contribution in [2.45, 2.75) is 6.54 Å². The van der Waals surface area contributed by atoms with Gasteiger partial charge in [0.05, 0.1) is 11.5 Å². The van der Waals surface area contributed by atoms with Crippen LogP contribution in [-0.4, -0.2) is 16.8 Å².